The fourth-order valence-electron chi connectivity index (χ4n) is 0.839. The van der Waals surface area contributed by atoms with Gasteiger partial charge in [0.25, 0.3) is 0 Å². The lowest BCUT2D eigenvalue weighted by Crippen LogP contribution is -2.18. The molecule has 0 aliphatic heterocycles. The zero-order valence-corrected chi connectivity index (χ0v) is 8.00. The predicted octanol–water partition coefficient (Wildman–Crippen LogP) is 1.67. The largest absolute Gasteiger partial charge is 0.458 e. The molecule has 1 unspecified atom stereocenters. The van der Waals surface area contributed by atoms with Crippen LogP contribution in [-0.2, 0) is 9.53 Å². The van der Waals surface area contributed by atoms with Crippen LogP contribution in [0.3, 0.4) is 0 Å². The SMILES string of the molecule is C=C(C)C(=O)OC(c1ccco1)[N+](=O)[O-]. The second-order valence-electron chi connectivity index (χ2n) is 2.84. The van der Waals surface area contributed by atoms with Crippen molar-refractivity contribution >= 4 is 5.97 Å². The maximum absolute atomic E-state index is 11.1. The Morgan fingerprint density at radius 2 is 2.40 bits per heavy atom. The number of hydrogen-bond acceptors (Lipinski definition) is 5. The summed E-state index contributed by atoms with van der Waals surface area (Å²) in [5.74, 6) is -0.859. The highest BCUT2D eigenvalue weighted by Gasteiger charge is 2.30. The molecule has 0 aliphatic rings. The van der Waals surface area contributed by atoms with Crippen molar-refractivity contribution in [3.63, 3.8) is 0 Å². The van der Waals surface area contributed by atoms with Gasteiger partial charge in [-0.05, 0) is 19.1 Å². The molecule has 0 aromatic carbocycles. The molecule has 15 heavy (non-hydrogen) atoms. The minimum atomic E-state index is -1.62. The van der Waals surface area contributed by atoms with Gasteiger partial charge in [0, 0.05) is 5.57 Å². The quantitative estimate of drug-likeness (QED) is 0.249. The molecule has 1 aromatic heterocycles. The van der Waals surface area contributed by atoms with Gasteiger partial charge in [-0.1, -0.05) is 6.58 Å². The first-order valence-corrected chi connectivity index (χ1v) is 4.05. The second-order valence-corrected chi connectivity index (χ2v) is 2.84. The molecule has 6 nitrogen and oxygen atoms in total. The van der Waals surface area contributed by atoms with Crippen LogP contribution in [-0.4, -0.2) is 10.9 Å². The molecule has 1 rings (SSSR count). The van der Waals surface area contributed by atoms with Gasteiger partial charge in [0.05, 0.1) is 11.2 Å². The van der Waals surface area contributed by atoms with Gasteiger partial charge >= 0.3 is 12.2 Å². The van der Waals surface area contributed by atoms with Crippen LogP contribution in [0.2, 0.25) is 0 Å². The Kier molecular flexibility index (Phi) is 3.22. The van der Waals surface area contributed by atoms with Crippen molar-refractivity contribution in [2.75, 3.05) is 0 Å². The van der Waals surface area contributed by atoms with Crippen molar-refractivity contribution in [3.8, 4) is 0 Å². The number of rotatable bonds is 4. The molecule has 0 amide bonds. The Bertz CT molecular complexity index is 381. The van der Waals surface area contributed by atoms with Crippen LogP contribution in [0.5, 0.6) is 0 Å². The number of ether oxygens (including phenoxy) is 1. The summed E-state index contributed by atoms with van der Waals surface area (Å²) in [5, 5.41) is 10.6. The summed E-state index contributed by atoms with van der Waals surface area (Å²) in [7, 11) is 0. The number of nitrogens with zero attached hydrogens (tertiary/aromatic N) is 1. The first-order chi connectivity index (χ1) is 7.02. The zero-order valence-electron chi connectivity index (χ0n) is 8.00. The van der Waals surface area contributed by atoms with Crippen LogP contribution in [0.1, 0.15) is 18.9 Å². The van der Waals surface area contributed by atoms with E-state index in [1.54, 1.807) is 0 Å². The third-order valence-electron chi connectivity index (χ3n) is 1.55. The van der Waals surface area contributed by atoms with Gasteiger partial charge in [-0.25, -0.2) is 4.79 Å². The molecule has 6 heteroatoms. The van der Waals surface area contributed by atoms with Gasteiger partial charge < -0.3 is 9.15 Å². The number of hydrogen-bond donors (Lipinski definition) is 0. The average Bonchev–Trinajstić information content (AvgIpc) is 2.65. The molecule has 0 bridgehead atoms. The molecule has 0 radical (unpaired) electrons. The molecule has 1 aromatic rings. The van der Waals surface area contributed by atoms with Gasteiger partial charge in [-0.2, -0.15) is 0 Å². The van der Waals surface area contributed by atoms with Gasteiger partial charge in [0.15, 0.2) is 0 Å². The van der Waals surface area contributed by atoms with E-state index in [2.05, 4.69) is 11.3 Å². The molecular weight excluding hydrogens is 202 g/mol. The molecular formula is C9H9NO5. The van der Waals surface area contributed by atoms with Crippen LogP contribution in [0.25, 0.3) is 0 Å². The lowest BCUT2D eigenvalue weighted by atomic mass is 10.3. The Balaban J connectivity index is 2.81. The first kappa shape index (κ1) is 11.0. The lowest BCUT2D eigenvalue weighted by Gasteiger charge is -2.07. The molecule has 0 spiro atoms. The normalized spacial score (nSPS) is 11.8. The first-order valence-electron chi connectivity index (χ1n) is 4.05. The third kappa shape index (κ3) is 2.67. The van der Waals surface area contributed by atoms with Crippen LogP contribution < -0.4 is 0 Å². The van der Waals surface area contributed by atoms with E-state index in [9.17, 15) is 14.9 Å². The topological polar surface area (TPSA) is 82.6 Å². The smallest absolute Gasteiger partial charge is 0.415 e. The summed E-state index contributed by atoms with van der Waals surface area (Å²) in [6, 6.07) is 2.83. The molecule has 80 valence electrons. The summed E-state index contributed by atoms with van der Waals surface area (Å²) in [6.07, 6.45) is -0.357. The monoisotopic (exact) mass is 211 g/mol. The van der Waals surface area contributed by atoms with E-state index in [1.165, 1.54) is 25.3 Å². The molecule has 1 heterocycles. The summed E-state index contributed by atoms with van der Waals surface area (Å²) < 4.78 is 9.38. The Hall–Kier alpha value is -2.11. The number of nitro groups is 1. The Morgan fingerprint density at radius 1 is 1.73 bits per heavy atom. The van der Waals surface area contributed by atoms with E-state index in [0.29, 0.717) is 0 Å². The standard InChI is InChI=1S/C9H9NO5/c1-6(2)9(11)15-8(10(12)13)7-4-3-5-14-7/h3-5,8H,1H2,2H3. The van der Waals surface area contributed by atoms with Crippen LogP contribution in [0, 0.1) is 10.1 Å². The second kappa shape index (κ2) is 4.41. The number of carbonyl (C=O) groups is 1. The van der Waals surface area contributed by atoms with E-state index in [1.807, 2.05) is 0 Å². The Morgan fingerprint density at radius 3 is 2.80 bits per heavy atom. The van der Waals surface area contributed by atoms with Crippen molar-refractivity contribution in [1.29, 1.82) is 0 Å². The maximum atomic E-state index is 11.1. The molecule has 0 saturated carbocycles. The summed E-state index contributed by atoms with van der Waals surface area (Å²) >= 11 is 0. The van der Waals surface area contributed by atoms with E-state index < -0.39 is 17.1 Å². The highest BCUT2D eigenvalue weighted by Crippen LogP contribution is 2.19. The molecule has 1 atom stereocenters. The maximum Gasteiger partial charge on any atom is 0.415 e. The molecule has 0 N–H and O–H groups in total. The highest BCUT2D eigenvalue weighted by atomic mass is 16.7. The van der Waals surface area contributed by atoms with Crippen molar-refractivity contribution in [1.82, 2.24) is 0 Å². The number of furan rings is 1. The van der Waals surface area contributed by atoms with E-state index in [-0.39, 0.29) is 11.3 Å². The Labute approximate surface area is 85.3 Å². The van der Waals surface area contributed by atoms with Gasteiger partial charge in [-0.3, -0.25) is 10.1 Å². The van der Waals surface area contributed by atoms with Crippen molar-refractivity contribution in [2.45, 2.75) is 13.2 Å². The van der Waals surface area contributed by atoms with E-state index >= 15 is 0 Å². The molecule has 0 saturated heterocycles. The van der Waals surface area contributed by atoms with Crippen molar-refractivity contribution in [2.24, 2.45) is 0 Å². The van der Waals surface area contributed by atoms with Crippen molar-refractivity contribution < 1.29 is 18.9 Å². The minimum Gasteiger partial charge on any atom is -0.458 e. The van der Waals surface area contributed by atoms with Gasteiger partial charge in [0.2, 0.25) is 5.76 Å². The summed E-state index contributed by atoms with van der Waals surface area (Å²) in [5.41, 5.74) is 0.0911. The zero-order chi connectivity index (χ0) is 11.4. The van der Waals surface area contributed by atoms with Crippen molar-refractivity contribution in [3.05, 3.63) is 46.4 Å². The van der Waals surface area contributed by atoms with Gasteiger partial charge in [0.1, 0.15) is 0 Å². The van der Waals surface area contributed by atoms with Crippen LogP contribution >= 0.6 is 0 Å². The van der Waals surface area contributed by atoms with Gasteiger partial charge in [-0.15, -0.1) is 0 Å². The lowest BCUT2D eigenvalue weighted by molar-refractivity contribution is -0.578. The van der Waals surface area contributed by atoms with E-state index in [0.717, 1.165) is 0 Å². The van der Waals surface area contributed by atoms with E-state index in [4.69, 9.17) is 4.42 Å². The number of carbonyl (C=O) groups excluding carboxylic acids is 1. The third-order valence-corrected chi connectivity index (χ3v) is 1.55. The molecule has 0 fully saturated rings. The summed E-state index contributed by atoms with van der Waals surface area (Å²) in [4.78, 5) is 20.9. The average molecular weight is 211 g/mol. The highest BCUT2D eigenvalue weighted by molar-refractivity contribution is 5.87. The minimum absolute atomic E-state index is 0.0328. The number of esters is 1. The molecule has 0 aliphatic carbocycles. The predicted molar refractivity (Wildman–Crippen MR) is 49.3 cm³/mol. The fraction of sp³-hybridized carbons (Fsp3) is 0.222. The van der Waals surface area contributed by atoms with Crippen LogP contribution in [0.15, 0.2) is 35.0 Å². The summed E-state index contributed by atoms with van der Waals surface area (Å²) in [6.45, 7) is 4.73. The fourth-order valence-corrected chi connectivity index (χ4v) is 0.839. The van der Waals surface area contributed by atoms with Crippen LogP contribution in [0.4, 0.5) is 0 Å².